The van der Waals surface area contributed by atoms with Gasteiger partial charge < -0.3 is 5.11 Å². The van der Waals surface area contributed by atoms with Crippen molar-refractivity contribution in [3.8, 4) is 0 Å². The zero-order valence-corrected chi connectivity index (χ0v) is 11.5. The van der Waals surface area contributed by atoms with Gasteiger partial charge >= 0.3 is 5.97 Å². The highest BCUT2D eigenvalue weighted by atomic mass is 32.2. The molecule has 0 spiro atoms. The quantitative estimate of drug-likeness (QED) is 0.780. The van der Waals surface area contributed by atoms with Crippen LogP contribution < -0.4 is 4.72 Å². The van der Waals surface area contributed by atoms with E-state index in [0.717, 1.165) is 0 Å². The molecule has 0 aliphatic carbocycles. The van der Waals surface area contributed by atoms with Gasteiger partial charge in [-0.2, -0.15) is 16.5 Å². The molecule has 1 aromatic carbocycles. The van der Waals surface area contributed by atoms with Crippen molar-refractivity contribution in [3.63, 3.8) is 0 Å². The third-order valence-electron chi connectivity index (χ3n) is 2.15. The Morgan fingerprint density at radius 1 is 1.39 bits per heavy atom. The van der Waals surface area contributed by atoms with E-state index in [1.54, 1.807) is 36.6 Å². The molecule has 1 aromatic rings. The van der Waals surface area contributed by atoms with Crippen molar-refractivity contribution in [2.24, 2.45) is 0 Å². The predicted molar refractivity (Wildman–Crippen MR) is 72.0 cm³/mol. The first kappa shape index (κ1) is 15.0. The molecule has 0 radical (unpaired) electrons. The summed E-state index contributed by atoms with van der Waals surface area (Å²) < 4.78 is 25.8. The van der Waals surface area contributed by atoms with Crippen LogP contribution in [-0.2, 0) is 20.6 Å². The standard InChI is InChI=1S/C11H15NO4S2/c1-17-7-10(11(13)14)12-18(15,16)8-9-5-3-2-4-6-9/h2-6,10,12H,7-8H2,1H3,(H,13,14)/t10-/m0/s1. The molecular formula is C11H15NO4S2. The minimum absolute atomic E-state index is 0.198. The fraction of sp³-hybridized carbons (Fsp3) is 0.364. The van der Waals surface area contributed by atoms with Gasteiger partial charge in [0, 0.05) is 5.75 Å². The van der Waals surface area contributed by atoms with Crippen LogP contribution in [0.3, 0.4) is 0 Å². The van der Waals surface area contributed by atoms with Crippen LogP contribution in [0, 0.1) is 0 Å². The van der Waals surface area contributed by atoms with Crippen molar-refractivity contribution in [3.05, 3.63) is 35.9 Å². The van der Waals surface area contributed by atoms with Crippen LogP contribution >= 0.6 is 11.8 Å². The van der Waals surface area contributed by atoms with Gasteiger partial charge in [-0.3, -0.25) is 4.79 Å². The number of aliphatic carboxylic acids is 1. The molecule has 0 bridgehead atoms. The zero-order chi connectivity index (χ0) is 13.6. The van der Waals surface area contributed by atoms with Crippen molar-refractivity contribution in [1.29, 1.82) is 0 Å². The second-order valence-electron chi connectivity index (χ2n) is 3.71. The van der Waals surface area contributed by atoms with Crippen molar-refractivity contribution in [1.82, 2.24) is 4.72 Å². The summed E-state index contributed by atoms with van der Waals surface area (Å²) in [6, 6.07) is 7.54. The van der Waals surface area contributed by atoms with E-state index in [1.807, 2.05) is 0 Å². The number of benzene rings is 1. The summed E-state index contributed by atoms with van der Waals surface area (Å²) in [7, 11) is -3.65. The van der Waals surface area contributed by atoms with Gasteiger partial charge in [-0.1, -0.05) is 30.3 Å². The smallest absolute Gasteiger partial charge is 0.322 e. The lowest BCUT2D eigenvalue weighted by Crippen LogP contribution is -2.42. The third-order valence-corrected chi connectivity index (χ3v) is 4.18. The Bertz CT molecular complexity index is 487. The van der Waals surface area contributed by atoms with Gasteiger partial charge in [0.1, 0.15) is 6.04 Å². The summed E-state index contributed by atoms with van der Waals surface area (Å²) in [5.74, 6) is -1.18. The van der Waals surface area contributed by atoms with Crippen LogP contribution in [0.2, 0.25) is 0 Å². The van der Waals surface area contributed by atoms with E-state index in [1.165, 1.54) is 11.8 Å². The second kappa shape index (κ2) is 6.77. The van der Waals surface area contributed by atoms with Crippen LogP contribution in [-0.4, -0.2) is 37.5 Å². The second-order valence-corrected chi connectivity index (χ2v) is 6.37. The van der Waals surface area contributed by atoms with E-state index in [0.29, 0.717) is 5.56 Å². The molecule has 2 N–H and O–H groups in total. The molecular weight excluding hydrogens is 274 g/mol. The number of thioether (sulfide) groups is 1. The first-order valence-electron chi connectivity index (χ1n) is 5.20. The normalized spacial score (nSPS) is 13.2. The lowest BCUT2D eigenvalue weighted by atomic mass is 10.2. The number of carboxylic acid groups (broad SMARTS) is 1. The Kier molecular flexibility index (Phi) is 5.64. The maximum atomic E-state index is 11.8. The van der Waals surface area contributed by atoms with Crippen LogP contribution in [0.25, 0.3) is 0 Å². The molecule has 0 aliphatic heterocycles. The van der Waals surface area contributed by atoms with E-state index >= 15 is 0 Å². The number of carboxylic acids is 1. The van der Waals surface area contributed by atoms with Crippen molar-refractivity contribution in [2.45, 2.75) is 11.8 Å². The molecule has 0 aliphatic rings. The first-order valence-corrected chi connectivity index (χ1v) is 8.25. The van der Waals surface area contributed by atoms with Gasteiger partial charge in [0.05, 0.1) is 5.75 Å². The molecule has 0 amide bonds. The number of sulfonamides is 1. The van der Waals surface area contributed by atoms with E-state index in [-0.39, 0.29) is 11.5 Å². The Morgan fingerprint density at radius 3 is 2.50 bits per heavy atom. The topological polar surface area (TPSA) is 83.5 Å². The Hall–Kier alpha value is -1.05. The van der Waals surface area contributed by atoms with E-state index in [4.69, 9.17) is 5.11 Å². The number of rotatable bonds is 7. The average Bonchev–Trinajstić information content (AvgIpc) is 2.28. The summed E-state index contributed by atoms with van der Waals surface area (Å²) in [5.41, 5.74) is 0.623. The Morgan fingerprint density at radius 2 is 2.00 bits per heavy atom. The summed E-state index contributed by atoms with van der Waals surface area (Å²) in [6.45, 7) is 0. The molecule has 1 rings (SSSR count). The molecule has 0 heterocycles. The van der Waals surface area contributed by atoms with Gasteiger partial charge in [0.15, 0.2) is 0 Å². The number of nitrogens with one attached hydrogen (secondary N) is 1. The van der Waals surface area contributed by atoms with Gasteiger partial charge in [0.2, 0.25) is 10.0 Å². The van der Waals surface area contributed by atoms with Crippen molar-refractivity contribution < 1.29 is 18.3 Å². The van der Waals surface area contributed by atoms with Crippen molar-refractivity contribution in [2.75, 3.05) is 12.0 Å². The third kappa shape index (κ3) is 5.07. The fourth-order valence-electron chi connectivity index (χ4n) is 1.37. The molecule has 0 fully saturated rings. The Balaban J connectivity index is 2.72. The molecule has 0 aromatic heterocycles. The van der Waals surface area contributed by atoms with E-state index < -0.39 is 22.0 Å². The summed E-state index contributed by atoms with van der Waals surface area (Å²) >= 11 is 1.28. The summed E-state index contributed by atoms with van der Waals surface area (Å²) in [4.78, 5) is 10.9. The molecule has 1 atom stereocenters. The van der Waals surface area contributed by atoms with E-state index in [9.17, 15) is 13.2 Å². The highest BCUT2D eigenvalue weighted by Crippen LogP contribution is 2.06. The average molecular weight is 289 g/mol. The predicted octanol–water partition coefficient (Wildman–Crippen LogP) is 0.922. The van der Waals surface area contributed by atoms with Crippen LogP contribution in [0.1, 0.15) is 5.56 Å². The highest BCUT2D eigenvalue weighted by Gasteiger charge is 2.23. The first-order chi connectivity index (χ1) is 8.44. The largest absolute Gasteiger partial charge is 0.480 e. The van der Waals surface area contributed by atoms with Gasteiger partial charge in [-0.15, -0.1) is 0 Å². The van der Waals surface area contributed by atoms with Crippen molar-refractivity contribution >= 4 is 27.8 Å². The van der Waals surface area contributed by atoms with Crippen LogP contribution in [0.5, 0.6) is 0 Å². The fourth-order valence-corrected chi connectivity index (χ4v) is 3.37. The minimum Gasteiger partial charge on any atom is -0.480 e. The zero-order valence-electron chi connectivity index (χ0n) is 9.87. The summed E-state index contributed by atoms with van der Waals surface area (Å²) in [5, 5.41) is 8.89. The lowest BCUT2D eigenvalue weighted by molar-refractivity contribution is -0.138. The highest BCUT2D eigenvalue weighted by molar-refractivity contribution is 7.98. The lowest BCUT2D eigenvalue weighted by Gasteiger charge is -2.13. The minimum atomic E-state index is -3.65. The number of carbonyl (C=O) groups is 1. The van der Waals surface area contributed by atoms with Gasteiger partial charge in [0.25, 0.3) is 0 Å². The molecule has 18 heavy (non-hydrogen) atoms. The van der Waals surface area contributed by atoms with E-state index in [2.05, 4.69) is 4.72 Å². The van der Waals surface area contributed by atoms with Crippen LogP contribution in [0.15, 0.2) is 30.3 Å². The monoisotopic (exact) mass is 289 g/mol. The maximum absolute atomic E-state index is 11.8. The molecule has 5 nitrogen and oxygen atoms in total. The Labute approximate surface area is 111 Å². The SMILES string of the molecule is CSC[C@H](NS(=O)(=O)Cc1ccccc1)C(=O)O. The molecule has 0 unspecified atom stereocenters. The molecule has 0 saturated carbocycles. The number of hydrogen-bond donors (Lipinski definition) is 2. The van der Waals surface area contributed by atoms with Gasteiger partial charge in [-0.25, -0.2) is 8.42 Å². The summed E-state index contributed by atoms with van der Waals surface area (Å²) in [6.07, 6.45) is 1.72. The van der Waals surface area contributed by atoms with Gasteiger partial charge in [-0.05, 0) is 11.8 Å². The number of hydrogen-bond acceptors (Lipinski definition) is 4. The molecule has 7 heteroatoms. The maximum Gasteiger partial charge on any atom is 0.322 e. The van der Waals surface area contributed by atoms with Crippen LogP contribution in [0.4, 0.5) is 0 Å². The molecule has 100 valence electrons. The molecule has 0 saturated heterocycles.